The number of benzene rings is 2. The van der Waals surface area contributed by atoms with Gasteiger partial charge in [-0.1, -0.05) is 41.9 Å². The van der Waals surface area contributed by atoms with E-state index in [0.717, 1.165) is 11.3 Å². The van der Waals surface area contributed by atoms with Crippen LogP contribution in [0.15, 0.2) is 48.5 Å². The van der Waals surface area contributed by atoms with E-state index < -0.39 is 5.97 Å². The van der Waals surface area contributed by atoms with Crippen molar-refractivity contribution in [3.8, 4) is 0 Å². The lowest BCUT2D eigenvalue weighted by molar-refractivity contribution is -0.145. The summed E-state index contributed by atoms with van der Waals surface area (Å²) in [6.45, 7) is 1.87. The summed E-state index contributed by atoms with van der Waals surface area (Å²) < 4.78 is 5.17. The van der Waals surface area contributed by atoms with Gasteiger partial charge in [-0.25, -0.2) is 0 Å². The highest BCUT2D eigenvalue weighted by molar-refractivity contribution is 6.33. The van der Waals surface area contributed by atoms with Crippen molar-refractivity contribution >= 4 is 41.1 Å². The van der Waals surface area contributed by atoms with Crippen molar-refractivity contribution in [2.75, 3.05) is 17.6 Å². The molecule has 0 radical (unpaired) electrons. The van der Waals surface area contributed by atoms with Crippen molar-refractivity contribution in [2.45, 2.75) is 20.0 Å². The molecule has 0 saturated heterocycles. The van der Waals surface area contributed by atoms with Crippen LogP contribution >= 0.6 is 11.6 Å². The van der Waals surface area contributed by atoms with Crippen LogP contribution in [0.3, 0.4) is 0 Å². The number of aromatic nitrogens is 3. The largest absolute Gasteiger partial charge is 0.457 e. The van der Waals surface area contributed by atoms with E-state index in [1.807, 2.05) is 31.2 Å². The van der Waals surface area contributed by atoms with Gasteiger partial charge in [0.2, 0.25) is 11.9 Å². The van der Waals surface area contributed by atoms with Gasteiger partial charge in [0.25, 0.3) is 5.91 Å². The Kier molecular flexibility index (Phi) is 7.34. The number of carbonyl (C=O) groups excluding carboxylic acids is 2. The van der Waals surface area contributed by atoms with Gasteiger partial charge in [-0.3, -0.25) is 9.59 Å². The van der Waals surface area contributed by atoms with Gasteiger partial charge in [0, 0.05) is 12.2 Å². The van der Waals surface area contributed by atoms with E-state index in [9.17, 15) is 9.59 Å². The molecule has 10 heteroatoms. The normalized spacial score (nSPS) is 10.4. The summed E-state index contributed by atoms with van der Waals surface area (Å²) in [7, 11) is 0. The lowest BCUT2D eigenvalue weighted by Crippen LogP contribution is -2.26. The second-order valence-electron chi connectivity index (χ2n) is 6.52. The number of carbonyl (C=O) groups is 2. The van der Waals surface area contributed by atoms with E-state index in [1.165, 1.54) is 0 Å². The standard InChI is InChI=1S/C21H21ClN6O3/c1-13-6-2-5-9-16(13)25-21-27-17(26-20(23)28-21)12-31-18(29)10-11-24-19(30)14-7-3-4-8-15(14)22/h2-9H,10-12H2,1H3,(H,24,30)(H3,23,25,26,27,28). The Hall–Kier alpha value is -3.72. The number of hydrogen-bond acceptors (Lipinski definition) is 8. The van der Waals surface area contributed by atoms with Crippen LogP contribution in [0.1, 0.15) is 28.2 Å². The van der Waals surface area contributed by atoms with Gasteiger partial charge in [0.1, 0.15) is 0 Å². The number of rotatable bonds is 8. The summed E-state index contributed by atoms with van der Waals surface area (Å²) in [6, 6.07) is 14.3. The number of nitrogens with one attached hydrogen (secondary N) is 2. The third-order valence-electron chi connectivity index (χ3n) is 4.19. The fourth-order valence-electron chi connectivity index (χ4n) is 2.63. The average molecular weight is 441 g/mol. The van der Waals surface area contributed by atoms with Crippen LogP contribution in [0.2, 0.25) is 5.02 Å². The highest BCUT2D eigenvalue weighted by Crippen LogP contribution is 2.18. The molecule has 2 aromatic carbocycles. The van der Waals surface area contributed by atoms with E-state index in [0.29, 0.717) is 10.6 Å². The lowest BCUT2D eigenvalue weighted by atomic mass is 10.2. The molecule has 1 amide bonds. The number of ether oxygens (including phenoxy) is 1. The molecule has 0 aliphatic heterocycles. The zero-order chi connectivity index (χ0) is 22.2. The summed E-state index contributed by atoms with van der Waals surface area (Å²) in [5.74, 6) is -0.427. The topological polar surface area (TPSA) is 132 Å². The van der Waals surface area contributed by atoms with Crippen molar-refractivity contribution in [2.24, 2.45) is 0 Å². The first-order chi connectivity index (χ1) is 14.9. The number of anilines is 3. The predicted octanol–water partition coefficient (Wildman–Crippen LogP) is 3.02. The quantitative estimate of drug-likeness (QED) is 0.455. The molecule has 0 unspecified atom stereocenters. The molecule has 0 fully saturated rings. The Labute approximate surface area is 184 Å². The Balaban J connectivity index is 1.50. The highest BCUT2D eigenvalue weighted by Gasteiger charge is 2.12. The van der Waals surface area contributed by atoms with Gasteiger partial charge in [0.15, 0.2) is 12.4 Å². The molecule has 4 N–H and O–H groups in total. The molecule has 31 heavy (non-hydrogen) atoms. The molecule has 3 aromatic rings. The second-order valence-corrected chi connectivity index (χ2v) is 6.93. The summed E-state index contributed by atoms with van der Waals surface area (Å²) in [5, 5.41) is 6.03. The van der Waals surface area contributed by atoms with Crippen LogP contribution < -0.4 is 16.4 Å². The fraction of sp³-hybridized carbons (Fsp3) is 0.190. The van der Waals surface area contributed by atoms with Gasteiger partial charge in [-0.2, -0.15) is 15.0 Å². The molecule has 1 aromatic heterocycles. The number of halogens is 1. The number of nitrogens with two attached hydrogens (primary N) is 1. The zero-order valence-electron chi connectivity index (χ0n) is 16.8. The first-order valence-electron chi connectivity index (χ1n) is 9.44. The van der Waals surface area contributed by atoms with E-state index in [-0.39, 0.29) is 43.2 Å². The molecule has 0 aliphatic rings. The Morgan fingerprint density at radius 2 is 1.81 bits per heavy atom. The van der Waals surface area contributed by atoms with Crippen molar-refractivity contribution in [1.82, 2.24) is 20.3 Å². The molecule has 0 atom stereocenters. The third-order valence-corrected chi connectivity index (χ3v) is 4.52. The number of nitrogen functional groups attached to an aromatic ring is 1. The number of esters is 1. The summed E-state index contributed by atoms with van der Waals surface area (Å²) in [5.41, 5.74) is 7.91. The maximum absolute atomic E-state index is 12.1. The minimum absolute atomic E-state index is 0.00383. The Bertz CT molecular complexity index is 1090. The van der Waals surface area contributed by atoms with Gasteiger partial charge in [-0.05, 0) is 30.7 Å². The Morgan fingerprint density at radius 3 is 2.58 bits per heavy atom. The van der Waals surface area contributed by atoms with Crippen LogP contribution in [0, 0.1) is 6.92 Å². The maximum atomic E-state index is 12.1. The third kappa shape index (κ3) is 6.38. The number of aryl methyl sites for hydroxylation is 1. The van der Waals surface area contributed by atoms with Crippen LogP contribution in [0.25, 0.3) is 0 Å². The number of para-hydroxylation sites is 1. The number of hydrogen-bond donors (Lipinski definition) is 3. The molecule has 0 spiro atoms. The average Bonchev–Trinajstić information content (AvgIpc) is 2.74. The van der Waals surface area contributed by atoms with E-state index in [1.54, 1.807) is 24.3 Å². The van der Waals surface area contributed by atoms with E-state index in [2.05, 4.69) is 25.6 Å². The summed E-state index contributed by atoms with van der Waals surface area (Å²) >= 11 is 5.98. The molecule has 1 heterocycles. The minimum Gasteiger partial charge on any atom is -0.457 e. The van der Waals surface area contributed by atoms with Crippen molar-refractivity contribution in [3.05, 3.63) is 70.5 Å². The first kappa shape index (κ1) is 22.0. The number of amides is 1. The van der Waals surface area contributed by atoms with Crippen molar-refractivity contribution in [1.29, 1.82) is 0 Å². The summed E-state index contributed by atoms with van der Waals surface area (Å²) in [4.78, 5) is 36.3. The molecular formula is C21H21ClN6O3. The van der Waals surface area contributed by atoms with Gasteiger partial charge in [-0.15, -0.1) is 0 Å². The van der Waals surface area contributed by atoms with E-state index in [4.69, 9.17) is 22.1 Å². The SMILES string of the molecule is Cc1ccccc1Nc1nc(N)nc(COC(=O)CCNC(=O)c2ccccc2Cl)n1. The van der Waals surface area contributed by atoms with Crippen LogP contribution in [0.5, 0.6) is 0 Å². The molecule has 0 aliphatic carbocycles. The van der Waals surface area contributed by atoms with Gasteiger partial charge >= 0.3 is 5.97 Å². The number of nitrogens with zero attached hydrogens (tertiary/aromatic N) is 3. The second kappa shape index (κ2) is 10.4. The molecule has 0 bridgehead atoms. The first-order valence-corrected chi connectivity index (χ1v) is 9.81. The van der Waals surface area contributed by atoms with Crippen molar-refractivity contribution < 1.29 is 14.3 Å². The smallest absolute Gasteiger partial charge is 0.308 e. The molecule has 160 valence electrons. The predicted molar refractivity (Wildman–Crippen MR) is 117 cm³/mol. The zero-order valence-corrected chi connectivity index (χ0v) is 17.5. The minimum atomic E-state index is -0.521. The van der Waals surface area contributed by atoms with E-state index >= 15 is 0 Å². The molecular weight excluding hydrogens is 420 g/mol. The van der Waals surface area contributed by atoms with Gasteiger partial charge < -0.3 is 21.1 Å². The molecule has 9 nitrogen and oxygen atoms in total. The van der Waals surface area contributed by atoms with Crippen LogP contribution in [-0.4, -0.2) is 33.4 Å². The summed E-state index contributed by atoms with van der Waals surface area (Å²) in [6.07, 6.45) is -0.0227. The van der Waals surface area contributed by atoms with Gasteiger partial charge in [0.05, 0.1) is 17.0 Å². The maximum Gasteiger partial charge on any atom is 0.308 e. The Morgan fingerprint density at radius 1 is 1.06 bits per heavy atom. The van der Waals surface area contributed by atoms with Crippen molar-refractivity contribution in [3.63, 3.8) is 0 Å². The monoisotopic (exact) mass is 440 g/mol. The lowest BCUT2D eigenvalue weighted by Gasteiger charge is -2.10. The fourth-order valence-corrected chi connectivity index (χ4v) is 2.85. The highest BCUT2D eigenvalue weighted by atomic mass is 35.5. The van der Waals surface area contributed by atoms with Crippen LogP contribution in [0.4, 0.5) is 17.6 Å². The molecule has 0 saturated carbocycles. The molecule has 3 rings (SSSR count). The van der Waals surface area contributed by atoms with Crippen LogP contribution in [-0.2, 0) is 16.1 Å².